The van der Waals surface area contributed by atoms with Gasteiger partial charge in [0.25, 0.3) is 0 Å². The first-order valence-electron chi connectivity index (χ1n) is 11.1. The summed E-state index contributed by atoms with van der Waals surface area (Å²) in [6.45, 7) is 4.12. The van der Waals surface area contributed by atoms with Gasteiger partial charge in [-0.1, -0.05) is 18.2 Å². The van der Waals surface area contributed by atoms with Crippen molar-refractivity contribution in [3.63, 3.8) is 0 Å². The lowest BCUT2D eigenvalue weighted by atomic mass is 9.97. The molecule has 170 valence electrons. The van der Waals surface area contributed by atoms with Gasteiger partial charge in [-0.05, 0) is 38.8 Å². The van der Waals surface area contributed by atoms with Crippen molar-refractivity contribution >= 4 is 27.9 Å². The van der Waals surface area contributed by atoms with E-state index in [0.29, 0.717) is 34.4 Å². The maximum Gasteiger partial charge on any atom is 0.142 e. The normalized spacial score (nSPS) is 14.8. The van der Waals surface area contributed by atoms with Crippen LogP contribution < -0.4 is 11.1 Å². The fourth-order valence-corrected chi connectivity index (χ4v) is 5.67. The Morgan fingerprint density at radius 3 is 2.67 bits per heavy atom. The SMILES string of the molecule is CNCc1nc(-c2cnc(N)c3c(F)c(-c4ccc(C)nc4)ccc23)sc1C1CCOCC1. The molecular formula is C25H26FN5OS. The fraction of sp³-hybridized carbons (Fsp3) is 0.320. The Kier molecular flexibility index (Phi) is 6.05. The molecule has 0 aliphatic carbocycles. The molecule has 0 spiro atoms. The molecule has 0 amide bonds. The number of thiazole rings is 1. The summed E-state index contributed by atoms with van der Waals surface area (Å²) >= 11 is 1.67. The van der Waals surface area contributed by atoms with Gasteiger partial charge in [0.2, 0.25) is 0 Å². The predicted octanol–water partition coefficient (Wildman–Crippen LogP) is 5.06. The number of nitrogens with zero attached hydrogens (tertiary/aromatic N) is 3. The third-order valence-corrected chi connectivity index (χ3v) is 7.43. The van der Waals surface area contributed by atoms with Crippen molar-refractivity contribution in [3.8, 4) is 21.7 Å². The number of fused-ring (bicyclic) bond motifs is 1. The highest BCUT2D eigenvalue weighted by molar-refractivity contribution is 7.15. The zero-order valence-corrected chi connectivity index (χ0v) is 19.5. The Morgan fingerprint density at radius 1 is 1.12 bits per heavy atom. The first-order chi connectivity index (χ1) is 16.1. The molecule has 0 saturated carbocycles. The van der Waals surface area contributed by atoms with E-state index in [1.54, 1.807) is 29.8 Å². The van der Waals surface area contributed by atoms with Crippen molar-refractivity contribution in [2.45, 2.75) is 32.2 Å². The van der Waals surface area contributed by atoms with Crippen LogP contribution in [0.2, 0.25) is 0 Å². The molecule has 8 heteroatoms. The highest BCUT2D eigenvalue weighted by Gasteiger charge is 2.24. The number of benzene rings is 1. The average molecular weight is 464 g/mol. The van der Waals surface area contributed by atoms with E-state index in [2.05, 4.69) is 15.3 Å². The third kappa shape index (κ3) is 4.10. The number of ether oxygens (including phenoxy) is 1. The summed E-state index contributed by atoms with van der Waals surface area (Å²) in [4.78, 5) is 14.9. The lowest BCUT2D eigenvalue weighted by Gasteiger charge is -2.21. The maximum atomic E-state index is 15.7. The monoisotopic (exact) mass is 463 g/mol. The average Bonchev–Trinajstić information content (AvgIpc) is 3.24. The quantitative estimate of drug-likeness (QED) is 0.430. The van der Waals surface area contributed by atoms with Gasteiger partial charge in [0, 0.05) is 64.8 Å². The Bertz CT molecular complexity index is 1300. The Labute approximate surface area is 196 Å². The van der Waals surface area contributed by atoms with Gasteiger partial charge in [-0.25, -0.2) is 14.4 Å². The molecule has 5 rings (SSSR count). The number of hydrogen-bond donors (Lipinski definition) is 2. The van der Waals surface area contributed by atoms with Crippen molar-refractivity contribution in [3.05, 3.63) is 58.7 Å². The minimum absolute atomic E-state index is 0.171. The third-order valence-electron chi connectivity index (χ3n) is 6.14. The molecule has 1 aliphatic rings. The molecule has 3 N–H and O–H groups in total. The second-order valence-corrected chi connectivity index (χ2v) is 9.37. The number of hydrogen-bond acceptors (Lipinski definition) is 7. The summed E-state index contributed by atoms with van der Waals surface area (Å²) in [6.07, 6.45) is 5.36. The zero-order valence-electron chi connectivity index (χ0n) is 18.7. The summed E-state index contributed by atoms with van der Waals surface area (Å²) in [5.74, 6) is 0.213. The Balaban J connectivity index is 1.64. The van der Waals surface area contributed by atoms with Gasteiger partial charge in [0.1, 0.15) is 16.6 Å². The molecule has 0 bridgehead atoms. The maximum absolute atomic E-state index is 15.7. The second kappa shape index (κ2) is 9.13. The first-order valence-corrected chi connectivity index (χ1v) is 11.9. The second-order valence-electron chi connectivity index (χ2n) is 8.34. The number of rotatable bonds is 5. The summed E-state index contributed by atoms with van der Waals surface area (Å²) in [7, 11) is 1.92. The van der Waals surface area contributed by atoms with E-state index in [0.717, 1.165) is 48.0 Å². The van der Waals surface area contributed by atoms with Crippen LogP contribution in [0.1, 0.15) is 35.0 Å². The van der Waals surface area contributed by atoms with Crippen LogP contribution >= 0.6 is 11.3 Å². The van der Waals surface area contributed by atoms with Crippen LogP contribution in [0.3, 0.4) is 0 Å². The van der Waals surface area contributed by atoms with Gasteiger partial charge < -0.3 is 15.8 Å². The molecule has 1 fully saturated rings. The molecule has 0 unspecified atom stereocenters. The molecule has 0 radical (unpaired) electrons. The number of anilines is 1. The zero-order chi connectivity index (χ0) is 22.9. The molecule has 4 heterocycles. The van der Waals surface area contributed by atoms with Crippen molar-refractivity contribution in [2.24, 2.45) is 0 Å². The van der Waals surface area contributed by atoms with Crippen molar-refractivity contribution in [2.75, 3.05) is 26.0 Å². The molecule has 4 aromatic rings. The van der Waals surface area contributed by atoms with Gasteiger partial charge in [-0.2, -0.15) is 0 Å². The molecule has 33 heavy (non-hydrogen) atoms. The highest BCUT2D eigenvalue weighted by atomic mass is 32.1. The summed E-state index contributed by atoms with van der Waals surface area (Å²) in [5, 5.41) is 5.10. The lowest BCUT2D eigenvalue weighted by Crippen LogP contribution is -2.16. The van der Waals surface area contributed by atoms with Crippen LogP contribution in [0.4, 0.5) is 10.2 Å². The Morgan fingerprint density at radius 2 is 1.94 bits per heavy atom. The van der Waals surface area contributed by atoms with Crippen LogP contribution in [0.5, 0.6) is 0 Å². The minimum atomic E-state index is -0.387. The number of halogens is 1. The van der Waals surface area contributed by atoms with Gasteiger partial charge in [0.15, 0.2) is 0 Å². The van der Waals surface area contributed by atoms with E-state index < -0.39 is 0 Å². The van der Waals surface area contributed by atoms with Crippen molar-refractivity contribution in [1.82, 2.24) is 20.3 Å². The molecule has 6 nitrogen and oxygen atoms in total. The van der Waals surface area contributed by atoms with Crippen LogP contribution in [0, 0.1) is 12.7 Å². The topological polar surface area (TPSA) is 86.0 Å². The van der Waals surface area contributed by atoms with Gasteiger partial charge in [-0.3, -0.25) is 4.98 Å². The smallest absolute Gasteiger partial charge is 0.142 e. The Hall–Kier alpha value is -2.94. The molecule has 3 aromatic heterocycles. The number of pyridine rings is 2. The van der Waals surface area contributed by atoms with Crippen LogP contribution in [0.15, 0.2) is 36.7 Å². The molecule has 1 saturated heterocycles. The first kappa shape index (κ1) is 21.9. The van der Waals surface area contributed by atoms with Gasteiger partial charge in [-0.15, -0.1) is 11.3 Å². The highest BCUT2D eigenvalue weighted by Crippen LogP contribution is 2.41. The lowest BCUT2D eigenvalue weighted by molar-refractivity contribution is 0.0858. The fourth-order valence-electron chi connectivity index (χ4n) is 4.39. The molecular weight excluding hydrogens is 437 g/mol. The van der Waals surface area contributed by atoms with E-state index >= 15 is 4.39 Å². The van der Waals surface area contributed by atoms with Gasteiger partial charge >= 0.3 is 0 Å². The number of aromatic nitrogens is 3. The number of nitrogen functional groups attached to an aromatic ring is 1. The molecule has 0 atom stereocenters. The minimum Gasteiger partial charge on any atom is -0.383 e. The summed E-state index contributed by atoms with van der Waals surface area (Å²) < 4.78 is 21.3. The number of aryl methyl sites for hydroxylation is 1. The van der Waals surface area contributed by atoms with Crippen LogP contribution in [-0.4, -0.2) is 35.2 Å². The van der Waals surface area contributed by atoms with E-state index in [1.165, 1.54) is 4.88 Å². The van der Waals surface area contributed by atoms with Crippen molar-refractivity contribution < 1.29 is 9.13 Å². The summed E-state index contributed by atoms with van der Waals surface area (Å²) in [6, 6.07) is 7.43. The van der Waals surface area contributed by atoms with Crippen molar-refractivity contribution in [1.29, 1.82) is 0 Å². The number of nitrogens with one attached hydrogen (secondary N) is 1. The van der Waals surface area contributed by atoms with Crippen LogP contribution in [-0.2, 0) is 11.3 Å². The predicted molar refractivity (Wildman–Crippen MR) is 131 cm³/mol. The molecule has 1 aromatic carbocycles. The largest absolute Gasteiger partial charge is 0.383 e. The van der Waals surface area contributed by atoms with E-state index in [1.807, 2.05) is 32.2 Å². The van der Waals surface area contributed by atoms with E-state index in [-0.39, 0.29) is 11.6 Å². The molecule has 1 aliphatic heterocycles. The standard InChI is InChI=1S/C25H26FN5OS/c1-14-3-4-16(11-29-14)17-5-6-18-19(12-30-24(27)21(18)22(17)26)25-31-20(13-28-2)23(33-25)15-7-9-32-10-8-15/h3-6,11-12,15,28H,7-10,13H2,1-2H3,(H2,27,30). The van der Waals surface area contributed by atoms with Gasteiger partial charge in [0.05, 0.1) is 11.1 Å². The number of nitrogens with two attached hydrogens (primary N) is 1. The summed E-state index contributed by atoms with van der Waals surface area (Å²) in [5.41, 5.74) is 10.0. The van der Waals surface area contributed by atoms with E-state index in [4.69, 9.17) is 15.5 Å². The van der Waals surface area contributed by atoms with E-state index in [9.17, 15) is 0 Å². The van der Waals surface area contributed by atoms with Crippen LogP contribution in [0.25, 0.3) is 32.5 Å².